The summed E-state index contributed by atoms with van der Waals surface area (Å²) in [6.45, 7) is 7.51. The second kappa shape index (κ2) is 3.95. The number of hydrogen-bond donors (Lipinski definition) is 0. The molecule has 1 aliphatic rings. The Morgan fingerprint density at radius 2 is 1.86 bits per heavy atom. The van der Waals surface area contributed by atoms with E-state index in [-0.39, 0.29) is 11.5 Å². The third-order valence-electron chi connectivity index (χ3n) is 2.30. The molecule has 0 spiro atoms. The highest BCUT2D eigenvalue weighted by Crippen LogP contribution is 2.30. The Balaban J connectivity index is 3.07. The molecule has 0 aromatic rings. The standard InChI is InChI=1S/C11H15F2N/c1-7(2)10-6-14(4)8(3)5-9(10)11(12)13/h5-7,11H,3H2,1-2,4H3. The number of halogens is 2. The summed E-state index contributed by atoms with van der Waals surface area (Å²) in [6.07, 6.45) is 0.767. The van der Waals surface area contributed by atoms with Crippen molar-refractivity contribution in [3.8, 4) is 0 Å². The normalized spacial score (nSPS) is 17.6. The molecular formula is C11H15F2N. The monoisotopic (exact) mass is 199 g/mol. The van der Waals surface area contributed by atoms with Gasteiger partial charge in [-0.1, -0.05) is 20.4 Å². The van der Waals surface area contributed by atoms with Crippen LogP contribution in [0.3, 0.4) is 0 Å². The Bertz CT molecular complexity index is 300. The molecule has 0 aliphatic carbocycles. The van der Waals surface area contributed by atoms with Crippen molar-refractivity contribution in [1.29, 1.82) is 0 Å². The van der Waals surface area contributed by atoms with Gasteiger partial charge >= 0.3 is 0 Å². The van der Waals surface area contributed by atoms with Crippen molar-refractivity contribution in [2.75, 3.05) is 7.05 Å². The lowest BCUT2D eigenvalue weighted by Gasteiger charge is -2.26. The molecule has 0 fully saturated rings. The maximum atomic E-state index is 12.7. The van der Waals surface area contributed by atoms with Gasteiger partial charge in [0.1, 0.15) is 0 Å². The molecule has 3 heteroatoms. The summed E-state index contributed by atoms with van der Waals surface area (Å²) >= 11 is 0. The molecule has 14 heavy (non-hydrogen) atoms. The molecule has 0 unspecified atom stereocenters. The van der Waals surface area contributed by atoms with Gasteiger partial charge in [0.2, 0.25) is 0 Å². The maximum absolute atomic E-state index is 12.7. The molecule has 0 bridgehead atoms. The number of hydrogen-bond acceptors (Lipinski definition) is 1. The predicted octanol–water partition coefficient (Wildman–Crippen LogP) is 3.18. The van der Waals surface area contributed by atoms with E-state index in [1.807, 2.05) is 20.9 Å². The quantitative estimate of drug-likeness (QED) is 0.660. The van der Waals surface area contributed by atoms with Crippen LogP contribution >= 0.6 is 0 Å². The third-order valence-corrected chi connectivity index (χ3v) is 2.30. The van der Waals surface area contributed by atoms with E-state index >= 15 is 0 Å². The smallest absolute Gasteiger partial charge is 0.264 e. The molecular weight excluding hydrogens is 184 g/mol. The number of alkyl halides is 2. The number of nitrogens with zero attached hydrogens (tertiary/aromatic N) is 1. The van der Waals surface area contributed by atoms with Crippen LogP contribution in [0.4, 0.5) is 8.78 Å². The minimum Gasteiger partial charge on any atom is -0.351 e. The highest BCUT2D eigenvalue weighted by Gasteiger charge is 2.22. The zero-order valence-corrected chi connectivity index (χ0v) is 8.72. The summed E-state index contributed by atoms with van der Waals surface area (Å²) in [4.78, 5) is 1.77. The van der Waals surface area contributed by atoms with Crippen LogP contribution in [0.2, 0.25) is 0 Å². The van der Waals surface area contributed by atoms with E-state index in [2.05, 4.69) is 6.58 Å². The molecule has 0 aromatic heterocycles. The van der Waals surface area contributed by atoms with E-state index in [0.29, 0.717) is 11.3 Å². The predicted molar refractivity (Wildman–Crippen MR) is 53.9 cm³/mol. The second-order valence-corrected chi connectivity index (χ2v) is 3.74. The molecule has 0 saturated heterocycles. The summed E-state index contributed by atoms with van der Waals surface area (Å²) in [7, 11) is 1.81. The van der Waals surface area contributed by atoms with Crippen LogP contribution in [0, 0.1) is 5.92 Å². The maximum Gasteiger partial charge on any atom is 0.264 e. The molecule has 78 valence electrons. The fraction of sp³-hybridized carbons (Fsp3) is 0.455. The van der Waals surface area contributed by atoms with Gasteiger partial charge in [-0.25, -0.2) is 8.78 Å². The largest absolute Gasteiger partial charge is 0.351 e. The summed E-state index contributed by atoms with van der Waals surface area (Å²) < 4.78 is 25.3. The number of allylic oxidation sites excluding steroid dienone is 3. The minimum absolute atomic E-state index is 0.100. The molecule has 1 aliphatic heterocycles. The SMILES string of the molecule is C=C1C=C(C(F)F)C(C(C)C)=CN1C. The Hall–Kier alpha value is -1.12. The van der Waals surface area contributed by atoms with Gasteiger partial charge in [0.05, 0.1) is 0 Å². The van der Waals surface area contributed by atoms with Crippen LogP contribution in [0.15, 0.2) is 35.7 Å². The Morgan fingerprint density at radius 1 is 1.29 bits per heavy atom. The summed E-state index contributed by atoms with van der Waals surface area (Å²) in [5.74, 6) is 0.103. The lowest BCUT2D eigenvalue weighted by atomic mass is 9.93. The van der Waals surface area contributed by atoms with Gasteiger partial charge in [0.25, 0.3) is 6.43 Å². The number of likely N-dealkylation sites (N-methyl/N-ethyl adjacent to an activating group) is 1. The van der Waals surface area contributed by atoms with Crippen molar-refractivity contribution in [2.24, 2.45) is 5.92 Å². The van der Waals surface area contributed by atoms with Crippen molar-refractivity contribution >= 4 is 0 Å². The van der Waals surface area contributed by atoms with Crippen molar-refractivity contribution in [1.82, 2.24) is 4.90 Å². The van der Waals surface area contributed by atoms with Crippen molar-refractivity contribution in [2.45, 2.75) is 20.3 Å². The van der Waals surface area contributed by atoms with Crippen LogP contribution in [-0.2, 0) is 0 Å². The van der Waals surface area contributed by atoms with Gasteiger partial charge in [0.15, 0.2) is 0 Å². The van der Waals surface area contributed by atoms with E-state index in [1.54, 1.807) is 11.1 Å². The summed E-state index contributed by atoms with van der Waals surface area (Å²) in [6, 6.07) is 0. The molecule has 0 saturated carbocycles. The lowest BCUT2D eigenvalue weighted by molar-refractivity contribution is 0.189. The molecule has 1 heterocycles. The van der Waals surface area contributed by atoms with Gasteiger partial charge in [-0.15, -0.1) is 0 Å². The first-order valence-corrected chi connectivity index (χ1v) is 4.57. The second-order valence-electron chi connectivity index (χ2n) is 3.74. The molecule has 0 aromatic carbocycles. The third kappa shape index (κ3) is 2.03. The van der Waals surface area contributed by atoms with E-state index in [1.165, 1.54) is 6.08 Å². The van der Waals surface area contributed by atoms with Crippen molar-refractivity contribution in [3.05, 3.63) is 35.7 Å². The summed E-state index contributed by atoms with van der Waals surface area (Å²) in [5, 5.41) is 0. The van der Waals surface area contributed by atoms with Gasteiger partial charge in [0, 0.05) is 24.5 Å². The molecule has 0 radical (unpaired) electrons. The van der Waals surface area contributed by atoms with Crippen LogP contribution in [0.1, 0.15) is 13.8 Å². The number of rotatable bonds is 2. The molecule has 0 N–H and O–H groups in total. The Labute approximate surface area is 83.4 Å². The lowest BCUT2D eigenvalue weighted by Crippen LogP contribution is -2.19. The van der Waals surface area contributed by atoms with Gasteiger partial charge in [-0.05, 0) is 17.6 Å². The van der Waals surface area contributed by atoms with Crippen LogP contribution in [0.5, 0.6) is 0 Å². The first-order valence-electron chi connectivity index (χ1n) is 4.57. The topological polar surface area (TPSA) is 3.24 Å². The van der Waals surface area contributed by atoms with Gasteiger partial charge < -0.3 is 4.90 Å². The minimum atomic E-state index is -2.42. The Morgan fingerprint density at radius 3 is 2.29 bits per heavy atom. The first kappa shape index (κ1) is 11.0. The highest BCUT2D eigenvalue weighted by atomic mass is 19.3. The van der Waals surface area contributed by atoms with Crippen molar-refractivity contribution < 1.29 is 8.78 Å². The van der Waals surface area contributed by atoms with Gasteiger partial charge in [-0.3, -0.25) is 0 Å². The fourth-order valence-electron chi connectivity index (χ4n) is 1.40. The van der Waals surface area contributed by atoms with Crippen LogP contribution < -0.4 is 0 Å². The van der Waals surface area contributed by atoms with E-state index in [0.717, 1.165) is 0 Å². The highest BCUT2D eigenvalue weighted by molar-refractivity contribution is 5.43. The molecule has 1 rings (SSSR count). The van der Waals surface area contributed by atoms with E-state index < -0.39 is 6.43 Å². The van der Waals surface area contributed by atoms with E-state index in [4.69, 9.17) is 0 Å². The average molecular weight is 199 g/mol. The zero-order valence-electron chi connectivity index (χ0n) is 8.72. The summed E-state index contributed by atoms with van der Waals surface area (Å²) in [5.41, 5.74) is 1.39. The van der Waals surface area contributed by atoms with Crippen LogP contribution in [-0.4, -0.2) is 18.4 Å². The first-order chi connectivity index (χ1) is 6.43. The molecule has 0 amide bonds. The van der Waals surface area contributed by atoms with E-state index in [9.17, 15) is 8.78 Å². The average Bonchev–Trinajstić information content (AvgIpc) is 2.08. The Kier molecular flexibility index (Phi) is 3.09. The van der Waals surface area contributed by atoms with Crippen LogP contribution in [0.25, 0.3) is 0 Å². The molecule has 1 nitrogen and oxygen atoms in total. The fourth-order valence-corrected chi connectivity index (χ4v) is 1.40. The van der Waals surface area contributed by atoms with Gasteiger partial charge in [-0.2, -0.15) is 0 Å². The van der Waals surface area contributed by atoms with Crippen molar-refractivity contribution in [3.63, 3.8) is 0 Å². The molecule has 0 atom stereocenters. The zero-order chi connectivity index (χ0) is 10.9.